The second-order valence-corrected chi connectivity index (χ2v) is 12.4. The van der Waals surface area contributed by atoms with E-state index in [1.165, 1.54) is 180 Å². The number of aliphatic hydroxyl groups excluding tert-OH is 1. The minimum absolute atomic E-state index is 0.338. The van der Waals surface area contributed by atoms with Crippen molar-refractivity contribution in [2.24, 2.45) is 0 Å². The van der Waals surface area contributed by atoms with Gasteiger partial charge in [-0.05, 0) is 25.7 Å². The van der Waals surface area contributed by atoms with Gasteiger partial charge in [0.05, 0.1) is 0 Å². The molecule has 4 nitrogen and oxygen atoms in total. The third kappa shape index (κ3) is 37.4. The first-order chi connectivity index (χ1) is 19.8. The lowest BCUT2D eigenvalue weighted by Crippen LogP contribution is -1.97. The van der Waals surface area contributed by atoms with Gasteiger partial charge in [-0.2, -0.15) is 0 Å². The van der Waals surface area contributed by atoms with Gasteiger partial charge in [-0.1, -0.05) is 173 Å². The van der Waals surface area contributed by atoms with Crippen molar-refractivity contribution < 1.29 is 19.7 Å². The van der Waals surface area contributed by atoms with E-state index in [1.807, 2.05) is 0 Å². The molecule has 0 fully saturated rings. The molecule has 0 aromatic rings. The number of aliphatic hydroxyl groups is 1. The van der Waals surface area contributed by atoms with Crippen molar-refractivity contribution in [3.63, 3.8) is 0 Å². The van der Waals surface area contributed by atoms with Gasteiger partial charge in [-0.15, -0.1) is 0 Å². The number of hydrogen-bond acceptors (Lipinski definition) is 3. The van der Waals surface area contributed by atoms with Crippen LogP contribution in [0.4, 0.5) is 0 Å². The molecular weight excluding hydrogens is 496 g/mol. The lowest BCUT2D eigenvalue weighted by Gasteiger charge is -2.06. The standard InChI is InChI=1S/C36H72O4/c37-33-29-25-21-17-13-9-5-1-2-6-10-14-18-22-26-30-34-40-35-31-27-23-19-15-11-7-3-4-8-12-16-20-24-28-32-36(38)39/h37H,1-35H2,(H,38,39). The number of carboxylic acids is 1. The zero-order valence-corrected chi connectivity index (χ0v) is 27.0. The van der Waals surface area contributed by atoms with Crippen molar-refractivity contribution in [3.8, 4) is 0 Å². The maximum atomic E-state index is 10.5. The number of rotatable bonds is 36. The number of ether oxygens (including phenoxy) is 1. The van der Waals surface area contributed by atoms with E-state index in [0.717, 1.165) is 32.5 Å². The fraction of sp³-hybridized carbons (Fsp3) is 0.972. The van der Waals surface area contributed by atoms with Crippen molar-refractivity contribution in [1.29, 1.82) is 0 Å². The Hall–Kier alpha value is -0.610. The summed E-state index contributed by atoms with van der Waals surface area (Å²) in [5.41, 5.74) is 0. The first kappa shape index (κ1) is 39.4. The number of aliphatic carboxylic acids is 1. The van der Waals surface area contributed by atoms with Crippen LogP contribution in [0.5, 0.6) is 0 Å². The lowest BCUT2D eigenvalue weighted by molar-refractivity contribution is -0.137. The maximum Gasteiger partial charge on any atom is 0.303 e. The molecule has 40 heavy (non-hydrogen) atoms. The molecule has 0 aliphatic carbocycles. The average Bonchev–Trinajstić information content (AvgIpc) is 2.95. The van der Waals surface area contributed by atoms with Gasteiger partial charge in [0.15, 0.2) is 0 Å². The summed E-state index contributed by atoms with van der Waals surface area (Å²) in [6.07, 6.45) is 41.3. The Morgan fingerprint density at radius 1 is 0.350 bits per heavy atom. The van der Waals surface area contributed by atoms with Crippen LogP contribution in [-0.2, 0) is 9.53 Å². The number of hydrogen-bond donors (Lipinski definition) is 2. The number of carbonyl (C=O) groups is 1. The summed E-state index contributed by atoms with van der Waals surface area (Å²) in [6.45, 7) is 2.29. The molecule has 0 amide bonds. The molecule has 0 aromatic heterocycles. The highest BCUT2D eigenvalue weighted by Gasteiger charge is 1.98. The van der Waals surface area contributed by atoms with Crippen LogP contribution in [0, 0.1) is 0 Å². The van der Waals surface area contributed by atoms with Crippen LogP contribution in [0.3, 0.4) is 0 Å². The van der Waals surface area contributed by atoms with Gasteiger partial charge >= 0.3 is 5.97 Å². The van der Waals surface area contributed by atoms with Gasteiger partial charge in [0.2, 0.25) is 0 Å². The summed E-state index contributed by atoms with van der Waals surface area (Å²) in [5.74, 6) is -0.655. The van der Waals surface area contributed by atoms with Crippen molar-refractivity contribution in [1.82, 2.24) is 0 Å². The maximum absolute atomic E-state index is 10.5. The fourth-order valence-corrected chi connectivity index (χ4v) is 5.67. The molecule has 0 rings (SSSR count). The van der Waals surface area contributed by atoms with Crippen molar-refractivity contribution in [2.75, 3.05) is 19.8 Å². The number of carboxylic acid groups (broad SMARTS) is 1. The van der Waals surface area contributed by atoms with Crippen LogP contribution in [0.15, 0.2) is 0 Å². The molecule has 0 saturated heterocycles. The summed E-state index contributed by atoms with van der Waals surface area (Å²) in [5, 5.41) is 17.4. The number of unbranched alkanes of at least 4 members (excludes halogenated alkanes) is 29. The molecule has 0 bridgehead atoms. The van der Waals surface area contributed by atoms with Crippen molar-refractivity contribution in [2.45, 2.75) is 205 Å². The average molecular weight is 569 g/mol. The topological polar surface area (TPSA) is 66.8 Å². The quantitative estimate of drug-likeness (QED) is 0.0737. The minimum atomic E-state index is -0.655. The summed E-state index contributed by atoms with van der Waals surface area (Å²) in [4.78, 5) is 10.5. The zero-order valence-electron chi connectivity index (χ0n) is 27.0. The lowest BCUT2D eigenvalue weighted by atomic mass is 10.0. The first-order valence-corrected chi connectivity index (χ1v) is 18.2. The zero-order chi connectivity index (χ0) is 29.0. The predicted molar refractivity (Wildman–Crippen MR) is 173 cm³/mol. The van der Waals surface area contributed by atoms with E-state index < -0.39 is 5.97 Å². The molecule has 0 radical (unpaired) electrons. The predicted octanol–water partition coefficient (Wildman–Crippen LogP) is 11.6. The molecule has 0 atom stereocenters. The van der Waals surface area contributed by atoms with Crippen molar-refractivity contribution in [3.05, 3.63) is 0 Å². The highest BCUT2D eigenvalue weighted by Crippen LogP contribution is 2.15. The van der Waals surface area contributed by atoms with Crippen LogP contribution in [0.25, 0.3) is 0 Å². The van der Waals surface area contributed by atoms with Crippen molar-refractivity contribution >= 4 is 5.97 Å². The molecule has 2 N–H and O–H groups in total. The van der Waals surface area contributed by atoms with Gasteiger partial charge in [0.25, 0.3) is 0 Å². The molecule has 0 unspecified atom stereocenters. The van der Waals surface area contributed by atoms with Crippen LogP contribution in [-0.4, -0.2) is 36.0 Å². The Balaban J connectivity index is 3.03. The van der Waals surface area contributed by atoms with Gasteiger partial charge in [0.1, 0.15) is 0 Å². The molecule has 0 aromatic carbocycles. The Morgan fingerprint density at radius 3 is 0.825 bits per heavy atom. The molecular formula is C36H72O4. The summed E-state index contributed by atoms with van der Waals surface area (Å²) in [6, 6.07) is 0. The normalized spacial score (nSPS) is 11.4. The third-order valence-corrected chi connectivity index (χ3v) is 8.38. The molecule has 0 aliphatic rings. The second kappa shape index (κ2) is 36.4. The van der Waals surface area contributed by atoms with E-state index >= 15 is 0 Å². The Morgan fingerprint density at radius 2 is 0.575 bits per heavy atom. The smallest absolute Gasteiger partial charge is 0.303 e. The third-order valence-electron chi connectivity index (χ3n) is 8.38. The van der Waals surface area contributed by atoms with E-state index in [0.29, 0.717) is 13.0 Å². The van der Waals surface area contributed by atoms with Gasteiger partial charge in [0, 0.05) is 26.2 Å². The Labute approximate surface area is 250 Å². The SMILES string of the molecule is O=C(O)CCCCCCCCCCCCCCCCCOCCCCCCCCCCCCCCCCCCO. The summed E-state index contributed by atoms with van der Waals surface area (Å²) < 4.78 is 5.85. The largest absolute Gasteiger partial charge is 0.481 e. The van der Waals surface area contributed by atoms with Crippen LogP contribution in [0.1, 0.15) is 205 Å². The Kier molecular flexibility index (Phi) is 35.9. The van der Waals surface area contributed by atoms with Gasteiger partial charge in [-0.3, -0.25) is 4.79 Å². The minimum Gasteiger partial charge on any atom is -0.481 e. The van der Waals surface area contributed by atoms with Crippen LogP contribution >= 0.6 is 0 Å². The van der Waals surface area contributed by atoms with E-state index in [1.54, 1.807) is 0 Å². The fourth-order valence-electron chi connectivity index (χ4n) is 5.67. The summed E-state index contributed by atoms with van der Waals surface area (Å²) >= 11 is 0. The molecule has 240 valence electrons. The van der Waals surface area contributed by atoms with Crippen LogP contribution < -0.4 is 0 Å². The van der Waals surface area contributed by atoms with Gasteiger partial charge in [-0.25, -0.2) is 0 Å². The van der Waals surface area contributed by atoms with Gasteiger partial charge < -0.3 is 14.9 Å². The molecule has 0 aliphatic heterocycles. The summed E-state index contributed by atoms with van der Waals surface area (Å²) in [7, 11) is 0. The first-order valence-electron chi connectivity index (χ1n) is 18.2. The Bertz CT molecular complexity index is 468. The van der Waals surface area contributed by atoms with E-state index in [4.69, 9.17) is 14.9 Å². The molecule has 4 heteroatoms. The van der Waals surface area contributed by atoms with E-state index in [2.05, 4.69) is 0 Å². The second-order valence-electron chi connectivity index (χ2n) is 12.4. The monoisotopic (exact) mass is 569 g/mol. The highest BCUT2D eigenvalue weighted by atomic mass is 16.5. The molecule has 0 heterocycles. The van der Waals surface area contributed by atoms with E-state index in [9.17, 15) is 4.79 Å². The molecule has 0 spiro atoms. The highest BCUT2D eigenvalue weighted by molar-refractivity contribution is 5.66. The molecule has 0 saturated carbocycles. The van der Waals surface area contributed by atoms with E-state index in [-0.39, 0.29) is 0 Å². The van der Waals surface area contributed by atoms with Crippen LogP contribution in [0.2, 0.25) is 0 Å².